The van der Waals surface area contributed by atoms with Crippen molar-refractivity contribution >= 4 is 21.6 Å². The molecule has 1 aromatic carbocycles. The number of benzene rings is 1. The van der Waals surface area contributed by atoms with Gasteiger partial charge in [0.25, 0.3) is 0 Å². The van der Waals surface area contributed by atoms with E-state index >= 15 is 0 Å². The highest BCUT2D eigenvalue weighted by Gasteiger charge is 2.18. The van der Waals surface area contributed by atoms with Gasteiger partial charge in [-0.25, -0.2) is 9.97 Å². The largest absolute Gasteiger partial charge is 0.379 e. The molecule has 1 aliphatic rings. The van der Waals surface area contributed by atoms with E-state index in [1.165, 1.54) is 15.6 Å². The van der Waals surface area contributed by atoms with Gasteiger partial charge in [0.2, 0.25) is 0 Å². The van der Waals surface area contributed by atoms with Crippen LogP contribution in [0.1, 0.15) is 17.5 Å². The highest BCUT2D eigenvalue weighted by molar-refractivity contribution is 9.10. The van der Waals surface area contributed by atoms with Crippen LogP contribution in [-0.4, -0.2) is 16.0 Å². The number of hydrogen-bond acceptors (Lipinski definition) is 3. The third-order valence-corrected chi connectivity index (χ3v) is 3.82. The number of nitrogens with zero attached hydrogens (tertiary/aromatic N) is 2. The molecule has 92 valence electrons. The molecule has 0 aliphatic heterocycles. The van der Waals surface area contributed by atoms with Crippen molar-refractivity contribution < 1.29 is 0 Å². The molecule has 0 saturated carbocycles. The van der Waals surface area contributed by atoms with Gasteiger partial charge in [-0.15, -0.1) is 0 Å². The van der Waals surface area contributed by atoms with Crippen LogP contribution in [0, 0.1) is 0 Å². The molecule has 2 aromatic rings. The summed E-state index contributed by atoms with van der Waals surface area (Å²) in [6.07, 6.45) is 8.54. The average Bonchev–Trinajstić information content (AvgIpc) is 2.40. The lowest BCUT2D eigenvalue weighted by Gasteiger charge is -2.26. The summed E-state index contributed by atoms with van der Waals surface area (Å²) in [7, 11) is 0. The minimum Gasteiger partial charge on any atom is -0.379 e. The van der Waals surface area contributed by atoms with Crippen molar-refractivity contribution in [3.8, 4) is 0 Å². The Morgan fingerprint density at radius 2 is 2.00 bits per heavy atom. The minimum absolute atomic E-state index is 0.477. The summed E-state index contributed by atoms with van der Waals surface area (Å²) < 4.78 is 1.17. The first-order valence-electron chi connectivity index (χ1n) is 6.10. The van der Waals surface area contributed by atoms with Gasteiger partial charge >= 0.3 is 0 Å². The van der Waals surface area contributed by atoms with E-state index in [1.807, 2.05) is 12.4 Å². The Morgan fingerprint density at radius 3 is 2.83 bits per heavy atom. The van der Waals surface area contributed by atoms with E-state index in [1.54, 1.807) is 6.33 Å². The molecule has 3 rings (SSSR count). The fraction of sp³-hybridized carbons (Fsp3) is 0.286. The van der Waals surface area contributed by atoms with Crippen LogP contribution in [-0.2, 0) is 12.8 Å². The van der Waals surface area contributed by atoms with Crippen LogP contribution in [0.25, 0.3) is 0 Å². The Labute approximate surface area is 115 Å². The van der Waals surface area contributed by atoms with Gasteiger partial charge in [0.15, 0.2) is 0 Å². The quantitative estimate of drug-likeness (QED) is 0.926. The van der Waals surface area contributed by atoms with Gasteiger partial charge in [0.05, 0.1) is 18.1 Å². The number of hydrogen-bond donors (Lipinski definition) is 1. The molecule has 1 aromatic heterocycles. The standard InChI is InChI=1S/C14H14BrN3/c15-12-3-1-11-6-13(4-2-10(11)5-12)18-14-7-16-9-17-8-14/h1,3,5,7-9,13,18H,2,4,6H2. The fourth-order valence-corrected chi connectivity index (χ4v) is 2.86. The summed E-state index contributed by atoms with van der Waals surface area (Å²) in [4.78, 5) is 8.05. The first kappa shape index (κ1) is 11.7. The summed E-state index contributed by atoms with van der Waals surface area (Å²) in [5, 5.41) is 3.50. The highest BCUT2D eigenvalue weighted by Crippen LogP contribution is 2.26. The Hall–Kier alpha value is -1.42. The number of rotatable bonds is 2. The molecule has 0 fully saturated rings. The van der Waals surface area contributed by atoms with Crippen molar-refractivity contribution in [1.29, 1.82) is 0 Å². The SMILES string of the molecule is Brc1ccc2c(c1)CCC(Nc1cncnc1)C2. The summed E-state index contributed by atoms with van der Waals surface area (Å²) in [6.45, 7) is 0. The van der Waals surface area contributed by atoms with Gasteiger partial charge in [-0.05, 0) is 42.5 Å². The van der Waals surface area contributed by atoms with Crippen molar-refractivity contribution in [1.82, 2.24) is 9.97 Å². The van der Waals surface area contributed by atoms with Crippen molar-refractivity contribution in [3.63, 3.8) is 0 Å². The zero-order valence-corrected chi connectivity index (χ0v) is 11.5. The number of fused-ring (bicyclic) bond motifs is 1. The second kappa shape index (κ2) is 5.06. The highest BCUT2D eigenvalue weighted by atomic mass is 79.9. The van der Waals surface area contributed by atoms with Crippen molar-refractivity contribution in [3.05, 3.63) is 52.5 Å². The Balaban J connectivity index is 1.73. The maximum atomic E-state index is 4.03. The van der Waals surface area contributed by atoms with Gasteiger partial charge < -0.3 is 5.32 Å². The molecule has 1 unspecified atom stereocenters. The fourth-order valence-electron chi connectivity index (χ4n) is 2.46. The second-order valence-electron chi connectivity index (χ2n) is 4.62. The topological polar surface area (TPSA) is 37.8 Å². The summed E-state index contributed by atoms with van der Waals surface area (Å²) in [6, 6.07) is 7.04. The normalized spacial score (nSPS) is 18.2. The van der Waals surface area contributed by atoms with Crippen LogP contribution < -0.4 is 5.32 Å². The second-order valence-corrected chi connectivity index (χ2v) is 5.54. The van der Waals surface area contributed by atoms with E-state index in [9.17, 15) is 0 Å². The number of halogens is 1. The molecule has 0 amide bonds. The Morgan fingerprint density at radius 1 is 1.17 bits per heavy atom. The van der Waals surface area contributed by atoms with Crippen LogP contribution >= 0.6 is 15.9 Å². The molecule has 4 heteroatoms. The smallest absolute Gasteiger partial charge is 0.115 e. The van der Waals surface area contributed by atoms with Gasteiger partial charge in [-0.1, -0.05) is 22.0 Å². The van der Waals surface area contributed by atoms with Crippen LogP contribution in [0.5, 0.6) is 0 Å². The first-order valence-corrected chi connectivity index (χ1v) is 6.89. The van der Waals surface area contributed by atoms with E-state index < -0.39 is 0 Å². The average molecular weight is 304 g/mol. The monoisotopic (exact) mass is 303 g/mol. The summed E-state index contributed by atoms with van der Waals surface area (Å²) >= 11 is 3.53. The lowest BCUT2D eigenvalue weighted by molar-refractivity contribution is 0.610. The number of anilines is 1. The number of aromatic nitrogens is 2. The molecule has 18 heavy (non-hydrogen) atoms. The van der Waals surface area contributed by atoms with E-state index in [0.29, 0.717) is 6.04 Å². The lowest BCUT2D eigenvalue weighted by Crippen LogP contribution is -2.27. The molecule has 1 atom stereocenters. The zero-order chi connectivity index (χ0) is 12.4. The number of aryl methyl sites for hydroxylation is 1. The van der Waals surface area contributed by atoms with Gasteiger partial charge in [-0.3, -0.25) is 0 Å². The molecule has 3 nitrogen and oxygen atoms in total. The predicted molar refractivity (Wildman–Crippen MR) is 75.6 cm³/mol. The van der Waals surface area contributed by atoms with E-state index in [-0.39, 0.29) is 0 Å². The van der Waals surface area contributed by atoms with Crippen molar-refractivity contribution in [2.75, 3.05) is 5.32 Å². The van der Waals surface area contributed by atoms with Crippen LogP contribution in [0.2, 0.25) is 0 Å². The zero-order valence-electron chi connectivity index (χ0n) is 9.94. The third-order valence-electron chi connectivity index (χ3n) is 3.33. The molecule has 1 heterocycles. The molecule has 0 saturated heterocycles. The van der Waals surface area contributed by atoms with E-state index in [2.05, 4.69) is 49.4 Å². The van der Waals surface area contributed by atoms with Gasteiger partial charge in [-0.2, -0.15) is 0 Å². The minimum atomic E-state index is 0.477. The molecule has 0 bridgehead atoms. The molecule has 1 N–H and O–H groups in total. The predicted octanol–water partition coefficient (Wildman–Crippen LogP) is 3.21. The molecule has 1 aliphatic carbocycles. The summed E-state index contributed by atoms with van der Waals surface area (Å²) in [5.41, 5.74) is 3.91. The lowest BCUT2D eigenvalue weighted by atomic mass is 9.88. The van der Waals surface area contributed by atoms with E-state index in [4.69, 9.17) is 0 Å². The molecular formula is C14H14BrN3. The van der Waals surface area contributed by atoms with Gasteiger partial charge in [0.1, 0.15) is 6.33 Å². The maximum absolute atomic E-state index is 4.03. The van der Waals surface area contributed by atoms with Crippen molar-refractivity contribution in [2.24, 2.45) is 0 Å². The number of nitrogens with one attached hydrogen (secondary N) is 1. The van der Waals surface area contributed by atoms with Gasteiger partial charge in [0, 0.05) is 10.5 Å². The van der Waals surface area contributed by atoms with Crippen LogP contribution in [0.4, 0.5) is 5.69 Å². The van der Waals surface area contributed by atoms with Crippen molar-refractivity contribution in [2.45, 2.75) is 25.3 Å². The Kier molecular flexibility index (Phi) is 3.28. The maximum Gasteiger partial charge on any atom is 0.115 e. The third kappa shape index (κ3) is 2.53. The first-order chi connectivity index (χ1) is 8.81. The van der Waals surface area contributed by atoms with Crippen LogP contribution in [0.3, 0.4) is 0 Å². The molecular weight excluding hydrogens is 290 g/mol. The van der Waals surface area contributed by atoms with E-state index in [0.717, 1.165) is 24.9 Å². The Bertz CT molecular complexity index is 542. The summed E-state index contributed by atoms with van der Waals surface area (Å²) in [5.74, 6) is 0. The van der Waals surface area contributed by atoms with Crippen LogP contribution in [0.15, 0.2) is 41.4 Å². The molecule has 0 radical (unpaired) electrons. The molecule has 0 spiro atoms.